The first kappa shape index (κ1) is 24.2. The first-order chi connectivity index (χ1) is 17.0. The van der Waals surface area contributed by atoms with Gasteiger partial charge in [-0.15, -0.1) is 0 Å². The number of hydrogen-bond donors (Lipinski definition) is 1. The van der Waals surface area contributed by atoms with Crippen LogP contribution in [0.2, 0.25) is 5.02 Å². The van der Waals surface area contributed by atoms with Gasteiger partial charge >= 0.3 is 0 Å². The van der Waals surface area contributed by atoms with Crippen LogP contribution in [-0.4, -0.2) is 32.1 Å². The lowest BCUT2D eigenvalue weighted by molar-refractivity contribution is -0.121. The third-order valence-corrected chi connectivity index (χ3v) is 5.55. The second-order valence-corrected chi connectivity index (χ2v) is 8.18. The van der Waals surface area contributed by atoms with Gasteiger partial charge in [0.1, 0.15) is 5.75 Å². The molecule has 0 spiro atoms. The van der Waals surface area contributed by atoms with Crippen molar-refractivity contribution < 1.29 is 23.8 Å². The van der Waals surface area contributed by atoms with Crippen molar-refractivity contribution in [2.24, 2.45) is 0 Å². The fourth-order valence-electron chi connectivity index (χ4n) is 3.69. The molecule has 1 aliphatic heterocycles. The Bertz CT molecular complexity index is 1270. The Kier molecular flexibility index (Phi) is 7.57. The standard InChI is InChI=1S/C27H25ClN2O5/c1-3-34-24-10-7-18(14-25(24)33-2)8-12-26(31)29-21-9-11-23-22(15-21)30(27(32)17-35-23)16-19-5-4-6-20(28)13-19/h4-15H,3,16-17H2,1-2H3,(H,29,31)/b12-8+. The molecular weight excluding hydrogens is 468 g/mol. The fraction of sp³-hybridized carbons (Fsp3) is 0.185. The number of anilines is 2. The predicted molar refractivity (Wildman–Crippen MR) is 136 cm³/mol. The van der Waals surface area contributed by atoms with Crippen LogP contribution in [-0.2, 0) is 16.1 Å². The van der Waals surface area contributed by atoms with Crippen LogP contribution in [0.3, 0.4) is 0 Å². The first-order valence-corrected chi connectivity index (χ1v) is 11.5. The summed E-state index contributed by atoms with van der Waals surface area (Å²) in [5.41, 5.74) is 2.80. The van der Waals surface area contributed by atoms with Crippen molar-refractivity contribution in [1.82, 2.24) is 0 Å². The van der Waals surface area contributed by atoms with Gasteiger partial charge in [-0.25, -0.2) is 0 Å². The molecule has 0 fully saturated rings. The minimum absolute atomic E-state index is 0.0481. The maximum Gasteiger partial charge on any atom is 0.265 e. The zero-order chi connectivity index (χ0) is 24.8. The summed E-state index contributed by atoms with van der Waals surface area (Å²) in [6.07, 6.45) is 3.12. The van der Waals surface area contributed by atoms with Gasteiger partial charge in [-0.3, -0.25) is 9.59 Å². The van der Waals surface area contributed by atoms with Gasteiger partial charge < -0.3 is 24.4 Å². The van der Waals surface area contributed by atoms with Crippen LogP contribution in [0.4, 0.5) is 11.4 Å². The molecule has 0 radical (unpaired) electrons. The lowest BCUT2D eigenvalue weighted by atomic mass is 10.1. The molecule has 35 heavy (non-hydrogen) atoms. The minimum atomic E-state index is -0.317. The highest BCUT2D eigenvalue weighted by Gasteiger charge is 2.26. The van der Waals surface area contributed by atoms with Gasteiger partial charge in [0.15, 0.2) is 18.1 Å². The average Bonchev–Trinajstić information content (AvgIpc) is 2.85. The largest absolute Gasteiger partial charge is 0.493 e. The molecule has 0 saturated heterocycles. The van der Waals surface area contributed by atoms with Gasteiger partial charge in [-0.1, -0.05) is 29.8 Å². The minimum Gasteiger partial charge on any atom is -0.493 e. The molecule has 0 unspecified atom stereocenters. The Morgan fingerprint density at radius 1 is 1.14 bits per heavy atom. The van der Waals surface area contributed by atoms with Crippen molar-refractivity contribution in [3.8, 4) is 17.2 Å². The van der Waals surface area contributed by atoms with Gasteiger partial charge in [-0.2, -0.15) is 0 Å². The van der Waals surface area contributed by atoms with E-state index in [4.69, 9.17) is 25.8 Å². The first-order valence-electron chi connectivity index (χ1n) is 11.1. The molecule has 4 rings (SSSR count). The predicted octanol–water partition coefficient (Wildman–Crippen LogP) is 5.32. The zero-order valence-corrected chi connectivity index (χ0v) is 20.2. The number of halogens is 1. The molecule has 3 aromatic rings. The highest BCUT2D eigenvalue weighted by molar-refractivity contribution is 6.30. The Hall–Kier alpha value is -3.97. The van der Waals surface area contributed by atoms with Crippen LogP contribution in [0.15, 0.2) is 66.7 Å². The van der Waals surface area contributed by atoms with Crippen LogP contribution in [0, 0.1) is 0 Å². The number of hydrogen-bond acceptors (Lipinski definition) is 5. The fourth-order valence-corrected chi connectivity index (χ4v) is 3.90. The molecule has 0 atom stereocenters. The van der Waals surface area contributed by atoms with E-state index in [0.29, 0.717) is 46.8 Å². The number of benzene rings is 3. The second kappa shape index (κ2) is 11.0. The molecular formula is C27H25ClN2O5. The SMILES string of the molecule is CCOc1ccc(/C=C/C(=O)Nc2ccc3c(c2)N(Cc2cccc(Cl)c2)C(=O)CO3)cc1OC. The van der Waals surface area contributed by atoms with Gasteiger partial charge in [0.25, 0.3) is 5.91 Å². The molecule has 1 N–H and O–H groups in total. The summed E-state index contributed by atoms with van der Waals surface area (Å²) in [6, 6.07) is 18.0. The van der Waals surface area contributed by atoms with E-state index < -0.39 is 0 Å². The van der Waals surface area contributed by atoms with E-state index in [9.17, 15) is 9.59 Å². The summed E-state index contributed by atoms with van der Waals surface area (Å²) in [7, 11) is 1.57. The van der Waals surface area contributed by atoms with Crippen molar-refractivity contribution in [3.05, 3.63) is 82.9 Å². The normalized spacial score (nSPS) is 12.8. The molecule has 0 saturated carbocycles. The molecule has 8 heteroatoms. The van der Waals surface area contributed by atoms with Gasteiger partial charge in [0.05, 0.1) is 25.9 Å². The molecule has 0 bridgehead atoms. The molecule has 180 valence electrons. The number of ether oxygens (including phenoxy) is 3. The Labute approximate surface area is 208 Å². The number of nitrogens with one attached hydrogen (secondary N) is 1. The summed E-state index contributed by atoms with van der Waals surface area (Å²) < 4.78 is 16.4. The van der Waals surface area contributed by atoms with Crippen LogP contribution in [0.5, 0.6) is 17.2 Å². The number of methoxy groups -OCH3 is 1. The van der Waals surface area contributed by atoms with Crippen molar-refractivity contribution >= 4 is 40.9 Å². The quantitative estimate of drug-likeness (QED) is 0.430. The highest BCUT2D eigenvalue weighted by atomic mass is 35.5. The second-order valence-electron chi connectivity index (χ2n) is 7.75. The Morgan fingerprint density at radius 2 is 2.00 bits per heavy atom. The summed E-state index contributed by atoms with van der Waals surface area (Å²) in [6.45, 7) is 2.72. The number of amides is 2. The van der Waals surface area contributed by atoms with Crippen LogP contribution in [0.25, 0.3) is 6.08 Å². The number of fused-ring (bicyclic) bond motifs is 1. The van der Waals surface area contributed by atoms with Gasteiger partial charge in [0, 0.05) is 16.8 Å². The number of rotatable bonds is 8. The number of carbonyl (C=O) groups excluding carboxylic acids is 2. The van der Waals surface area contributed by atoms with Gasteiger partial charge in [-0.05, 0) is 66.6 Å². The van der Waals surface area contributed by atoms with Gasteiger partial charge in [0.2, 0.25) is 5.91 Å². The molecule has 1 heterocycles. The molecule has 0 aliphatic carbocycles. The van der Waals surface area contributed by atoms with Crippen LogP contribution in [0.1, 0.15) is 18.1 Å². The lowest BCUT2D eigenvalue weighted by Crippen LogP contribution is -2.38. The van der Waals surface area contributed by atoms with E-state index in [1.807, 2.05) is 31.2 Å². The van der Waals surface area contributed by atoms with Crippen LogP contribution >= 0.6 is 11.6 Å². The molecule has 7 nitrogen and oxygen atoms in total. The lowest BCUT2D eigenvalue weighted by Gasteiger charge is -2.30. The zero-order valence-electron chi connectivity index (χ0n) is 19.4. The van der Waals surface area contributed by atoms with Crippen LogP contribution < -0.4 is 24.4 Å². The van der Waals surface area contributed by atoms with Crippen molar-refractivity contribution in [1.29, 1.82) is 0 Å². The monoisotopic (exact) mass is 492 g/mol. The molecule has 1 aliphatic rings. The maximum absolute atomic E-state index is 12.6. The number of carbonyl (C=O) groups is 2. The molecule has 0 aromatic heterocycles. The summed E-state index contributed by atoms with van der Waals surface area (Å²) >= 11 is 6.10. The molecule has 2 amide bonds. The van der Waals surface area contributed by atoms with E-state index in [0.717, 1.165) is 11.1 Å². The van der Waals surface area contributed by atoms with Crippen molar-refractivity contribution in [2.45, 2.75) is 13.5 Å². The molecule has 3 aromatic carbocycles. The highest BCUT2D eigenvalue weighted by Crippen LogP contribution is 2.36. The van der Waals surface area contributed by atoms with Crippen molar-refractivity contribution in [3.63, 3.8) is 0 Å². The maximum atomic E-state index is 12.6. The summed E-state index contributed by atoms with van der Waals surface area (Å²) in [5, 5.41) is 3.43. The van der Waals surface area contributed by atoms with E-state index in [-0.39, 0.29) is 18.4 Å². The third kappa shape index (κ3) is 5.94. The smallest absolute Gasteiger partial charge is 0.265 e. The van der Waals surface area contributed by atoms with Crippen molar-refractivity contribution in [2.75, 3.05) is 30.5 Å². The summed E-state index contributed by atoms with van der Waals surface area (Å²) in [5.74, 6) is 1.31. The Morgan fingerprint density at radius 3 is 2.77 bits per heavy atom. The van der Waals surface area contributed by atoms with E-state index >= 15 is 0 Å². The Balaban J connectivity index is 1.49. The van der Waals surface area contributed by atoms with E-state index in [1.54, 1.807) is 54.5 Å². The summed E-state index contributed by atoms with van der Waals surface area (Å²) in [4.78, 5) is 26.8. The third-order valence-electron chi connectivity index (χ3n) is 5.31. The van der Waals surface area contributed by atoms with E-state index in [1.165, 1.54) is 6.08 Å². The topological polar surface area (TPSA) is 77.1 Å². The van der Waals surface area contributed by atoms with E-state index in [2.05, 4.69) is 5.32 Å². The number of nitrogens with zero attached hydrogens (tertiary/aromatic N) is 1. The average molecular weight is 493 g/mol.